The molecular formula is C30H35N3O5. The van der Waals surface area contributed by atoms with Crippen LogP contribution in [0.4, 0.5) is 0 Å². The standard InChI is InChI=1S/C30H35N3O5/c1-20-12-13-21(2)25(16-20)38-15-9-8-14-33-24-11-7-6-10-23(24)32-28(33)19-31-30(34)22-17-26(35-3)29(37-5)27(18-22)36-4/h6-7,10-13,16-18H,8-9,14-15,19H2,1-5H3,(H,31,34). The lowest BCUT2D eigenvalue weighted by Gasteiger charge is -2.14. The number of ether oxygens (including phenoxy) is 4. The molecule has 0 aliphatic heterocycles. The quantitative estimate of drug-likeness (QED) is 0.251. The van der Waals surface area contributed by atoms with Crippen molar-refractivity contribution in [2.24, 2.45) is 0 Å². The number of nitrogens with zero attached hydrogens (tertiary/aromatic N) is 2. The van der Waals surface area contributed by atoms with Gasteiger partial charge in [0.2, 0.25) is 5.75 Å². The summed E-state index contributed by atoms with van der Waals surface area (Å²) >= 11 is 0. The van der Waals surface area contributed by atoms with Crippen molar-refractivity contribution in [2.75, 3.05) is 27.9 Å². The fourth-order valence-corrected chi connectivity index (χ4v) is 4.40. The first-order chi connectivity index (χ1) is 18.4. The monoisotopic (exact) mass is 517 g/mol. The van der Waals surface area contributed by atoms with Gasteiger partial charge in [-0.05, 0) is 68.1 Å². The van der Waals surface area contributed by atoms with E-state index in [0.29, 0.717) is 29.4 Å². The molecule has 4 rings (SSSR count). The molecule has 200 valence electrons. The van der Waals surface area contributed by atoms with Gasteiger partial charge in [0.15, 0.2) is 11.5 Å². The van der Waals surface area contributed by atoms with Gasteiger partial charge >= 0.3 is 0 Å². The highest BCUT2D eigenvalue weighted by Gasteiger charge is 2.18. The molecule has 0 fully saturated rings. The Labute approximate surface area is 223 Å². The van der Waals surface area contributed by atoms with Crippen molar-refractivity contribution in [3.8, 4) is 23.0 Å². The molecule has 0 saturated carbocycles. The number of hydrogen-bond acceptors (Lipinski definition) is 6. The van der Waals surface area contributed by atoms with Crippen LogP contribution in [-0.4, -0.2) is 43.4 Å². The molecule has 1 N–H and O–H groups in total. The number of imidazole rings is 1. The van der Waals surface area contributed by atoms with Gasteiger partial charge in [0, 0.05) is 12.1 Å². The van der Waals surface area contributed by atoms with Crippen LogP contribution in [0.2, 0.25) is 0 Å². The van der Waals surface area contributed by atoms with E-state index < -0.39 is 0 Å². The number of unbranched alkanes of at least 4 members (excludes halogenated alkanes) is 1. The summed E-state index contributed by atoms with van der Waals surface area (Å²) in [4.78, 5) is 17.8. The molecule has 1 heterocycles. The van der Waals surface area contributed by atoms with Gasteiger partial charge in [-0.25, -0.2) is 4.98 Å². The van der Waals surface area contributed by atoms with E-state index in [1.165, 1.54) is 26.9 Å². The Morgan fingerprint density at radius 3 is 2.34 bits per heavy atom. The summed E-state index contributed by atoms with van der Waals surface area (Å²) in [5.41, 5.74) is 4.68. The number of aryl methyl sites for hydroxylation is 3. The van der Waals surface area contributed by atoms with Crippen molar-refractivity contribution in [2.45, 2.75) is 39.8 Å². The number of aromatic nitrogens is 2. The van der Waals surface area contributed by atoms with E-state index in [-0.39, 0.29) is 12.5 Å². The number of fused-ring (bicyclic) bond motifs is 1. The number of hydrogen-bond donors (Lipinski definition) is 1. The average Bonchev–Trinajstić information content (AvgIpc) is 3.29. The molecule has 1 aromatic heterocycles. The van der Waals surface area contributed by atoms with Gasteiger partial charge in [0.1, 0.15) is 11.6 Å². The molecule has 0 aliphatic carbocycles. The fraction of sp³-hybridized carbons (Fsp3) is 0.333. The Balaban J connectivity index is 1.43. The second-order valence-corrected chi connectivity index (χ2v) is 9.09. The van der Waals surface area contributed by atoms with Crippen LogP contribution < -0.4 is 24.3 Å². The van der Waals surface area contributed by atoms with Crippen LogP contribution in [-0.2, 0) is 13.1 Å². The average molecular weight is 518 g/mol. The maximum absolute atomic E-state index is 13.0. The van der Waals surface area contributed by atoms with Gasteiger partial charge in [-0.1, -0.05) is 24.3 Å². The summed E-state index contributed by atoms with van der Waals surface area (Å²) < 4.78 is 24.3. The van der Waals surface area contributed by atoms with Gasteiger partial charge < -0.3 is 28.8 Å². The summed E-state index contributed by atoms with van der Waals surface area (Å²) in [6, 6.07) is 17.5. The summed E-state index contributed by atoms with van der Waals surface area (Å²) in [6.07, 6.45) is 1.82. The van der Waals surface area contributed by atoms with Gasteiger partial charge in [-0.15, -0.1) is 0 Å². The minimum absolute atomic E-state index is 0.259. The fourth-order valence-electron chi connectivity index (χ4n) is 4.40. The number of carbonyl (C=O) groups excluding carboxylic acids is 1. The summed E-state index contributed by atoms with van der Waals surface area (Å²) in [5, 5.41) is 2.99. The first kappa shape index (κ1) is 26.9. The number of amides is 1. The van der Waals surface area contributed by atoms with Crippen LogP contribution in [0, 0.1) is 13.8 Å². The highest BCUT2D eigenvalue weighted by atomic mass is 16.5. The van der Waals surface area contributed by atoms with Crippen molar-refractivity contribution < 1.29 is 23.7 Å². The third kappa shape index (κ3) is 6.02. The Bertz CT molecular complexity index is 1390. The zero-order valence-corrected chi connectivity index (χ0v) is 22.7. The minimum Gasteiger partial charge on any atom is -0.493 e. The van der Waals surface area contributed by atoms with Crippen LogP contribution >= 0.6 is 0 Å². The first-order valence-corrected chi connectivity index (χ1v) is 12.7. The molecule has 0 bridgehead atoms. The molecule has 8 nitrogen and oxygen atoms in total. The van der Waals surface area contributed by atoms with Crippen LogP contribution in [0.5, 0.6) is 23.0 Å². The lowest BCUT2D eigenvalue weighted by atomic mass is 10.1. The zero-order valence-electron chi connectivity index (χ0n) is 22.7. The maximum Gasteiger partial charge on any atom is 0.251 e. The van der Waals surface area contributed by atoms with E-state index in [4.69, 9.17) is 23.9 Å². The Morgan fingerprint density at radius 1 is 0.895 bits per heavy atom. The number of benzene rings is 3. The van der Waals surface area contributed by atoms with Gasteiger partial charge in [0.25, 0.3) is 5.91 Å². The molecule has 0 saturated heterocycles. The molecule has 0 atom stereocenters. The smallest absolute Gasteiger partial charge is 0.251 e. The molecule has 0 spiro atoms. The molecule has 8 heteroatoms. The highest BCUT2D eigenvalue weighted by Crippen LogP contribution is 2.38. The van der Waals surface area contributed by atoms with Crippen LogP contribution in [0.25, 0.3) is 11.0 Å². The minimum atomic E-state index is -0.259. The summed E-state index contributed by atoms with van der Waals surface area (Å²) in [7, 11) is 4.57. The van der Waals surface area contributed by atoms with Gasteiger partial charge in [0.05, 0.1) is 45.5 Å². The predicted octanol–water partition coefficient (Wildman–Crippen LogP) is 5.47. The Kier molecular flexibility index (Phi) is 8.73. The van der Waals surface area contributed by atoms with Crippen molar-refractivity contribution in [3.05, 3.63) is 77.1 Å². The van der Waals surface area contributed by atoms with Crippen molar-refractivity contribution in [1.82, 2.24) is 14.9 Å². The molecule has 0 aliphatic rings. The first-order valence-electron chi connectivity index (χ1n) is 12.7. The largest absolute Gasteiger partial charge is 0.493 e. The molecule has 1 amide bonds. The zero-order chi connectivity index (χ0) is 27.1. The number of nitrogens with one attached hydrogen (secondary N) is 1. The molecule has 3 aromatic carbocycles. The molecule has 4 aromatic rings. The second kappa shape index (κ2) is 12.4. The third-order valence-corrected chi connectivity index (χ3v) is 6.44. The van der Waals surface area contributed by atoms with E-state index in [9.17, 15) is 4.79 Å². The number of para-hydroxylation sites is 2. The van der Waals surface area contributed by atoms with Gasteiger partial charge in [-0.3, -0.25) is 4.79 Å². The van der Waals surface area contributed by atoms with Crippen molar-refractivity contribution in [3.63, 3.8) is 0 Å². The number of methoxy groups -OCH3 is 3. The van der Waals surface area contributed by atoms with Crippen molar-refractivity contribution >= 4 is 16.9 Å². The summed E-state index contributed by atoms with van der Waals surface area (Å²) in [5.74, 6) is 2.76. The van der Waals surface area contributed by atoms with Crippen molar-refractivity contribution in [1.29, 1.82) is 0 Å². The predicted molar refractivity (Wildman–Crippen MR) is 148 cm³/mol. The molecule has 0 radical (unpaired) electrons. The number of carbonyl (C=O) groups is 1. The Morgan fingerprint density at radius 2 is 1.63 bits per heavy atom. The normalized spacial score (nSPS) is 10.9. The molecular weight excluding hydrogens is 482 g/mol. The number of rotatable bonds is 12. The molecule has 38 heavy (non-hydrogen) atoms. The molecule has 0 unspecified atom stereocenters. The van der Waals surface area contributed by atoms with E-state index in [1.807, 2.05) is 18.2 Å². The van der Waals surface area contributed by atoms with Crippen LogP contribution in [0.1, 0.15) is 40.2 Å². The Hall–Kier alpha value is -4.20. The SMILES string of the molecule is COc1cc(C(=O)NCc2nc3ccccc3n2CCCCOc2cc(C)ccc2C)cc(OC)c1OC. The maximum atomic E-state index is 13.0. The highest BCUT2D eigenvalue weighted by molar-refractivity contribution is 5.95. The van der Waals surface area contributed by atoms with Crippen LogP contribution in [0.15, 0.2) is 54.6 Å². The van der Waals surface area contributed by atoms with Gasteiger partial charge in [-0.2, -0.15) is 0 Å². The van der Waals surface area contributed by atoms with E-state index in [0.717, 1.165) is 47.6 Å². The van der Waals surface area contributed by atoms with E-state index in [1.54, 1.807) is 12.1 Å². The van der Waals surface area contributed by atoms with E-state index in [2.05, 4.69) is 48.0 Å². The van der Waals surface area contributed by atoms with Crippen LogP contribution in [0.3, 0.4) is 0 Å². The lowest BCUT2D eigenvalue weighted by molar-refractivity contribution is 0.0948. The third-order valence-electron chi connectivity index (χ3n) is 6.44. The van der Waals surface area contributed by atoms with E-state index >= 15 is 0 Å². The second-order valence-electron chi connectivity index (χ2n) is 9.09. The summed E-state index contributed by atoms with van der Waals surface area (Å²) in [6.45, 7) is 5.82. The topological polar surface area (TPSA) is 83.8 Å². The lowest BCUT2D eigenvalue weighted by Crippen LogP contribution is -2.25.